The monoisotopic (exact) mass is 1130 g/mol. The molecule has 6 unspecified atom stereocenters. The third-order valence-corrected chi connectivity index (χ3v) is 13.6. The summed E-state index contributed by atoms with van der Waals surface area (Å²) in [5.41, 5.74) is 0. The van der Waals surface area contributed by atoms with Crippen molar-refractivity contribution in [2.45, 2.75) is 230 Å². The van der Waals surface area contributed by atoms with Gasteiger partial charge in [0.05, 0.1) is 0 Å². The van der Waals surface area contributed by atoms with Gasteiger partial charge in [-0.25, -0.2) is 0 Å². The molecule has 0 spiro atoms. The van der Waals surface area contributed by atoms with Crippen molar-refractivity contribution in [2.75, 3.05) is 32.7 Å². The fourth-order valence-corrected chi connectivity index (χ4v) is 9.93. The molecule has 5 fully saturated rings. The summed E-state index contributed by atoms with van der Waals surface area (Å²) in [6, 6.07) is 0. The van der Waals surface area contributed by atoms with Crippen molar-refractivity contribution < 1.29 is 118 Å². The minimum Gasteiger partial charge on any atom is -0.687 e. The third-order valence-electron chi connectivity index (χ3n) is 13.6. The molecule has 3 heterocycles. The maximum Gasteiger partial charge on any atom is 0.151 e. The van der Waals surface area contributed by atoms with Gasteiger partial charge in [-0.3, -0.25) is 0 Å². The number of aliphatic hydroxyl groups excluding tert-OH is 6. The smallest absolute Gasteiger partial charge is 0.151 e. The SMILES string of the molecule is C1=CC[N-]C=C1.C1CC[N-]CC1.C1CC[N-]CC1.O.OC(O)CCC1CCCC(CCC(O)O)C1.OC(O)CCC1CCCC(CCC(O)O)C1.OC(O)CCC1CCCC(CCC(O)O)C1.[Mn].[Mn].[Mn]. The van der Waals surface area contributed by atoms with Gasteiger partial charge in [0.25, 0.3) is 0 Å². The number of rotatable bonds is 18. The maximum absolute atomic E-state index is 8.81. The van der Waals surface area contributed by atoms with Gasteiger partial charge in [-0.1, -0.05) is 108 Å². The van der Waals surface area contributed by atoms with Crippen LogP contribution >= 0.6 is 0 Å². The Morgan fingerprint density at radius 1 is 0.343 bits per heavy atom. The molecule has 19 heteroatoms. The first-order chi connectivity index (χ1) is 31.7. The van der Waals surface area contributed by atoms with Gasteiger partial charge in [0.15, 0.2) is 37.7 Å². The zero-order valence-electron chi connectivity index (χ0n) is 42.3. The normalized spacial score (nSPS) is 23.9. The van der Waals surface area contributed by atoms with E-state index < -0.39 is 37.7 Å². The summed E-state index contributed by atoms with van der Waals surface area (Å²) in [5.74, 6) is 3.48. The van der Waals surface area contributed by atoms with Gasteiger partial charge in [-0.15, -0.1) is 38.8 Å². The van der Waals surface area contributed by atoms with Crippen molar-refractivity contribution in [3.63, 3.8) is 0 Å². The molecule has 0 aromatic heterocycles. The maximum atomic E-state index is 8.81. The van der Waals surface area contributed by atoms with Gasteiger partial charge >= 0.3 is 0 Å². The number of allylic oxidation sites excluding steroid dienone is 2. The van der Waals surface area contributed by atoms with E-state index in [2.05, 4.69) is 16.0 Å². The van der Waals surface area contributed by atoms with E-state index in [-0.39, 0.29) is 56.7 Å². The van der Waals surface area contributed by atoms with Crippen LogP contribution < -0.4 is 0 Å². The number of nitrogens with zero attached hydrogens (tertiary/aromatic N) is 3. The molecule has 0 bridgehead atoms. The van der Waals surface area contributed by atoms with Gasteiger partial charge in [-0.05, 0) is 132 Å². The van der Waals surface area contributed by atoms with E-state index in [1.54, 1.807) is 6.20 Å². The average Bonchev–Trinajstić information content (AvgIpc) is 3.33. The van der Waals surface area contributed by atoms with Crippen LogP contribution in [0.4, 0.5) is 0 Å². The van der Waals surface area contributed by atoms with Crippen LogP contribution in [0, 0.1) is 35.5 Å². The Morgan fingerprint density at radius 3 is 0.700 bits per heavy atom. The topological polar surface area (TPSA) is 317 Å². The van der Waals surface area contributed by atoms with Crippen molar-refractivity contribution in [3.05, 3.63) is 40.4 Å². The first-order valence-electron chi connectivity index (χ1n) is 26.1. The number of piperidine rings is 2. The molecule has 0 aromatic rings. The molecule has 3 radical (unpaired) electrons. The quantitative estimate of drug-likeness (QED) is 0.0509. The third kappa shape index (κ3) is 50.4. The molecule has 6 aliphatic rings. The minimum absolute atomic E-state index is 0. The van der Waals surface area contributed by atoms with E-state index >= 15 is 0 Å². The zero-order chi connectivity index (χ0) is 48.6. The van der Waals surface area contributed by atoms with Gasteiger partial charge in [0.1, 0.15) is 0 Å². The number of hydrogen-bond donors (Lipinski definition) is 12. The summed E-state index contributed by atoms with van der Waals surface area (Å²) in [7, 11) is 0. The van der Waals surface area contributed by atoms with E-state index in [0.717, 1.165) is 90.5 Å². The van der Waals surface area contributed by atoms with Crippen molar-refractivity contribution >= 4 is 0 Å². The predicted molar refractivity (Wildman–Crippen MR) is 265 cm³/mol. The van der Waals surface area contributed by atoms with Crippen molar-refractivity contribution in [1.29, 1.82) is 0 Å². The first-order valence-corrected chi connectivity index (χ1v) is 26.1. The number of aliphatic hydroxyl groups is 12. The van der Waals surface area contributed by atoms with E-state index in [0.29, 0.717) is 74.0 Å². The predicted octanol–water partition coefficient (Wildman–Crippen LogP) is 6.62. The van der Waals surface area contributed by atoms with Crippen LogP contribution in [0.15, 0.2) is 24.4 Å². The molecular weight excluding hydrogens is 1030 g/mol. The summed E-state index contributed by atoms with van der Waals surface area (Å²) < 4.78 is 0. The Hall–Kier alpha value is 0.238. The second-order valence-electron chi connectivity index (χ2n) is 19.6. The molecule has 3 saturated carbocycles. The molecule has 16 nitrogen and oxygen atoms in total. The fourth-order valence-electron chi connectivity index (χ4n) is 9.93. The van der Waals surface area contributed by atoms with Crippen LogP contribution in [0.5, 0.6) is 0 Å². The van der Waals surface area contributed by atoms with Crippen LogP contribution in [-0.2, 0) is 51.2 Å². The summed E-state index contributed by atoms with van der Waals surface area (Å²) in [6.45, 7) is 5.36. The molecule has 3 aliphatic heterocycles. The van der Waals surface area contributed by atoms with Crippen LogP contribution in [-0.4, -0.2) is 137 Å². The Balaban J connectivity index is -0.000000386. The minimum atomic E-state index is -1.18. The Morgan fingerprint density at radius 2 is 0.586 bits per heavy atom. The van der Waals surface area contributed by atoms with E-state index in [1.165, 1.54) is 96.3 Å². The molecule has 6 atom stereocenters. The van der Waals surface area contributed by atoms with Gasteiger partial charge < -0.3 is 82.7 Å². The van der Waals surface area contributed by atoms with Crippen molar-refractivity contribution in [1.82, 2.24) is 0 Å². The molecule has 2 saturated heterocycles. The molecule has 0 aromatic carbocycles. The van der Waals surface area contributed by atoms with Crippen molar-refractivity contribution in [2.24, 2.45) is 35.5 Å². The van der Waals surface area contributed by atoms with Crippen LogP contribution in [0.3, 0.4) is 0 Å². The molecule has 3 aliphatic carbocycles. The number of hydrogen-bond acceptors (Lipinski definition) is 12. The summed E-state index contributed by atoms with van der Waals surface area (Å²) >= 11 is 0. The fraction of sp³-hybridized carbons (Fsp3) is 0.922. The van der Waals surface area contributed by atoms with Crippen LogP contribution in [0.1, 0.15) is 193 Å². The van der Waals surface area contributed by atoms with Gasteiger partial charge in [0, 0.05) is 51.2 Å². The standard InChI is InChI=1S/3C12H24O4.2C5H10N.C5H6N.3Mn.H2O/c3*13-11(14)6-4-9-2-1-3-10(8-9)5-7-12(15)16;3*1-2-4-6-5-3-1;;;;/h3*9-16H,1-8H2;2*1-5H2;1-4H,5H2;;;;1H2/q;;;3*-1;;;;. The van der Waals surface area contributed by atoms with E-state index in [9.17, 15) is 0 Å². The first kappa shape index (κ1) is 76.7. The molecule has 6 rings (SSSR count). The molecule has 421 valence electrons. The average molecular weight is 1130 g/mol. The molecular formula is C51H100Mn3N3O13-3. The van der Waals surface area contributed by atoms with E-state index in [1.807, 2.05) is 18.2 Å². The Kier molecular flexibility index (Phi) is 57.7. The molecule has 0 amide bonds. The molecule has 70 heavy (non-hydrogen) atoms. The van der Waals surface area contributed by atoms with Gasteiger partial charge in [-0.2, -0.15) is 6.20 Å². The van der Waals surface area contributed by atoms with E-state index in [4.69, 9.17) is 61.3 Å². The zero-order valence-corrected chi connectivity index (χ0v) is 45.9. The van der Waals surface area contributed by atoms with Crippen LogP contribution in [0.25, 0.3) is 16.0 Å². The van der Waals surface area contributed by atoms with Crippen LogP contribution in [0.2, 0.25) is 0 Å². The Labute approximate surface area is 454 Å². The second-order valence-corrected chi connectivity index (χ2v) is 19.6. The largest absolute Gasteiger partial charge is 0.687 e. The summed E-state index contributed by atoms with van der Waals surface area (Å²) in [6.07, 6.45) is 30.6. The summed E-state index contributed by atoms with van der Waals surface area (Å²) in [4.78, 5) is 0. The second kappa shape index (κ2) is 52.7. The van der Waals surface area contributed by atoms with Crippen molar-refractivity contribution in [3.8, 4) is 0 Å². The van der Waals surface area contributed by atoms with Gasteiger partial charge in [0.2, 0.25) is 0 Å². The summed E-state index contributed by atoms with van der Waals surface area (Å²) in [5, 5.41) is 118. The molecule has 14 N–H and O–H groups in total. The Bertz CT molecular complexity index is 932.